The summed E-state index contributed by atoms with van der Waals surface area (Å²) >= 11 is 0. The van der Waals surface area contributed by atoms with Crippen molar-refractivity contribution in [1.29, 1.82) is 0 Å². The topological polar surface area (TPSA) is 95.7 Å². The monoisotopic (exact) mass is 281 g/mol. The smallest absolute Gasteiger partial charge is 0.338 e. The zero-order valence-electron chi connectivity index (χ0n) is 11.0. The number of hydrogen-bond donors (Lipinski definition) is 3. The molecule has 2 rings (SSSR count). The van der Waals surface area contributed by atoms with E-state index in [4.69, 9.17) is 10.8 Å². The van der Waals surface area contributed by atoms with Gasteiger partial charge in [0.05, 0.1) is 16.9 Å². The van der Waals surface area contributed by atoms with E-state index >= 15 is 0 Å². The number of nitrogens with one attached hydrogen (secondary N) is 1. The van der Waals surface area contributed by atoms with Crippen LogP contribution < -0.4 is 16.0 Å². The number of nitrogens with zero attached hydrogens (tertiary/aromatic N) is 1. The molecule has 6 nitrogen and oxygen atoms in total. The summed E-state index contributed by atoms with van der Waals surface area (Å²) in [6, 6.07) is 1.74. The van der Waals surface area contributed by atoms with Crippen molar-refractivity contribution in [3.8, 4) is 0 Å². The van der Waals surface area contributed by atoms with Crippen LogP contribution in [0.15, 0.2) is 12.1 Å². The van der Waals surface area contributed by atoms with Crippen LogP contribution in [-0.4, -0.2) is 36.1 Å². The minimum absolute atomic E-state index is 0.138. The first-order chi connectivity index (χ1) is 9.45. The highest BCUT2D eigenvalue weighted by atomic mass is 19.1. The fourth-order valence-electron chi connectivity index (χ4n) is 2.40. The minimum atomic E-state index is -1.37. The van der Waals surface area contributed by atoms with E-state index in [1.54, 1.807) is 4.90 Å². The molecule has 1 aliphatic rings. The number of carboxylic acid groups (broad SMARTS) is 1. The number of carboxylic acids is 1. The quantitative estimate of drug-likeness (QED) is 0.713. The molecule has 20 heavy (non-hydrogen) atoms. The number of piperazine rings is 1. The standard InChI is InChI=1S/C13H16FN3O3/c1-2-10-12(18)16-3-4-17(10)11-6-8(14)7(13(19)20)5-9(11)15/h5-6,10H,2-4,15H2,1H3,(H,16,18)(H,19,20). The number of carbonyl (C=O) groups is 2. The van der Waals surface area contributed by atoms with Gasteiger partial charge in [-0.3, -0.25) is 4.79 Å². The van der Waals surface area contributed by atoms with Crippen LogP contribution in [0.5, 0.6) is 0 Å². The van der Waals surface area contributed by atoms with Crippen molar-refractivity contribution in [1.82, 2.24) is 5.32 Å². The molecule has 1 aromatic carbocycles. The van der Waals surface area contributed by atoms with Gasteiger partial charge < -0.3 is 21.1 Å². The highest BCUT2D eigenvalue weighted by Crippen LogP contribution is 2.29. The first-order valence-electron chi connectivity index (χ1n) is 6.32. The number of anilines is 2. The van der Waals surface area contributed by atoms with Crippen molar-refractivity contribution in [2.24, 2.45) is 0 Å². The third-order valence-electron chi connectivity index (χ3n) is 3.37. The van der Waals surface area contributed by atoms with Crippen LogP contribution >= 0.6 is 0 Å². The van der Waals surface area contributed by atoms with Gasteiger partial charge in [0.1, 0.15) is 11.9 Å². The number of nitrogen functional groups attached to an aromatic ring is 1. The summed E-state index contributed by atoms with van der Waals surface area (Å²) in [5.41, 5.74) is 5.85. The lowest BCUT2D eigenvalue weighted by Crippen LogP contribution is -2.55. The SMILES string of the molecule is CCC1C(=O)NCCN1c1cc(F)c(C(=O)O)cc1N. The Morgan fingerprint density at radius 2 is 2.30 bits per heavy atom. The number of carbonyl (C=O) groups excluding carboxylic acids is 1. The predicted molar refractivity (Wildman–Crippen MR) is 72.2 cm³/mol. The molecule has 1 aliphatic heterocycles. The summed E-state index contributed by atoms with van der Waals surface area (Å²) in [5, 5.41) is 11.6. The van der Waals surface area contributed by atoms with Crippen molar-refractivity contribution in [2.75, 3.05) is 23.7 Å². The molecule has 0 aliphatic carbocycles. The molecule has 1 atom stereocenters. The average Bonchev–Trinajstić information content (AvgIpc) is 2.40. The van der Waals surface area contributed by atoms with Gasteiger partial charge in [0, 0.05) is 19.2 Å². The maximum atomic E-state index is 13.8. The third-order valence-corrected chi connectivity index (χ3v) is 3.37. The number of hydrogen-bond acceptors (Lipinski definition) is 4. The van der Waals surface area contributed by atoms with Crippen LogP contribution in [0.1, 0.15) is 23.7 Å². The van der Waals surface area contributed by atoms with Crippen LogP contribution in [0.4, 0.5) is 15.8 Å². The second-order valence-corrected chi connectivity index (χ2v) is 4.60. The van der Waals surface area contributed by atoms with Crippen molar-refractivity contribution < 1.29 is 19.1 Å². The van der Waals surface area contributed by atoms with Gasteiger partial charge in [0.25, 0.3) is 0 Å². The van der Waals surface area contributed by atoms with E-state index in [9.17, 15) is 14.0 Å². The van der Waals surface area contributed by atoms with Gasteiger partial charge in [0.15, 0.2) is 0 Å². The largest absolute Gasteiger partial charge is 0.478 e. The van der Waals surface area contributed by atoms with Crippen LogP contribution in [-0.2, 0) is 4.79 Å². The van der Waals surface area contributed by atoms with Crippen LogP contribution in [0.2, 0.25) is 0 Å². The van der Waals surface area contributed by atoms with Gasteiger partial charge in [-0.2, -0.15) is 0 Å². The number of aromatic carboxylic acids is 1. The van der Waals surface area contributed by atoms with Crippen LogP contribution in [0, 0.1) is 5.82 Å². The van der Waals surface area contributed by atoms with E-state index in [0.29, 0.717) is 25.2 Å². The Balaban J connectivity index is 2.44. The van der Waals surface area contributed by atoms with Gasteiger partial charge in [-0.1, -0.05) is 6.92 Å². The van der Waals surface area contributed by atoms with Crippen molar-refractivity contribution >= 4 is 23.3 Å². The Kier molecular flexibility index (Phi) is 3.78. The zero-order chi connectivity index (χ0) is 14.9. The number of amides is 1. The average molecular weight is 281 g/mol. The Hall–Kier alpha value is -2.31. The Bertz CT molecular complexity index is 562. The third kappa shape index (κ3) is 2.38. The normalized spacial score (nSPS) is 18.8. The molecular formula is C13H16FN3O3. The molecule has 0 spiro atoms. The molecule has 0 radical (unpaired) electrons. The molecule has 0 saturated carbocycles. The fraction of sp³-hybridized carbons (Fsp3) is 0.385. The molecule has 4 N–H and O–H groups in total. The molecule has 1 saturated heterocycles. The molecule has 1 unspecified atom stereocenters. The number of halogens is 1. The highest BCUT2D eigenvalue weighted by Gasteiger charge is 2.30. The minimum Gasteiger partial charge on any atom is -0.478 e. The highest BCUT2D eigenvalue weighted by molar-refractivity contribution is 5.92. The molecule has 0 bridgehead atoms. The Morgan fingerprint density at radius 3 is 2.90 bits per heavy atom. The molecule has 1 aromatic rings. The lowest BCUT2D eigenvalue weighted by Gasteiger charge is -2.37. The second kappa shape index (κ2) is 5.36. The van der Waals surface area contributed by atoms with Crippen molar-refractivity contribution in [3.05, 3.63) is 23.5 Å². The summed E-state index contributed by atoms with van der Waals surface area (Å²) in [6.45, 7) is 2.79. The van der Waals surface area contributed by atoms with Crippen molar-refractivity contribution in [2.45, 2.75) is 19.4 Å². The lowest BCUT2D eigenvalue weighted by atomic mass is 10.1. The second-order valence-electron chi connectivity index (χ2n) is 4.60. The molecular weight excluding hydrogens is 265 g/mol. The molecule has 108 valence electrons. The lowest BCUT2D eigenvalue weighted by molar-refractivity contribution is -0.123. The predicted octanol–water partition coefficient (Wildman–Crippen LogP) is 0.821. The van der Waals surface area contributed by atoms with Crippen LogP contribution in [0.3, 0.4) is 0 Å². The number of rotatable bonds is 3. The molecule has 0 aromatic heterocycles. The van der Waals surface area contributed by atoms with E-state index in [1.165, 1.54) is 0 Å². The van der Waals surface area contributed by atoms with Gasteiger partial charge in [-0.25, -0.2) is 9.18 Å². The zero-order valence-corrected chi connectivity index (χ0v) is 11.0. The first-order valence-corrected chi connectivity index (χ1v) is 6.32. The van der Waals surface area contributed by atoms with Gasteiger partial charge in [-0.05, 0) is 12.5 Å². The van der Waals surface area contributed by atoms with Gasteiger partial charge in [0.2, 0.25) is 5.91 Å². The van der Waals surface area contributed by atoms with Crippen LogP contribution in [0.25, 0.3) is 0 Å². The van der Waals surface area contributed by atoms with Crippen molar-refractivity contribution in [3.63, 3.8) is 0 Å². The molecule has 7 heteroatoms. The Morgan fingerprint density at radius 1 is 1.60 bits per heavy atom. The maximum absolute atomic E-state index is 13.8. The molecule has 1 fully saturated rings. The summed E-state index contributed by atoms with van der Waals surface area (Å²) < 4.78 is 13.8. The van der Waals surface area contributed by atoms with E-state index < -0.39 is 23.4 Å². The summed E-state index contributed by atoms with van der Waals surface area (Å²) in [5.74, 6) is -2.37. The van der Waals surface area contributed by atoms with Gasteiger partial charge >= 0.3 is 5.97 Å². The maximum Gasteiger partial charge on any atom is 0.338 e. The van der Waals surface area contributed by atoms with E-state index in [-0.39, 0.29) is 11.6 Å². The van der Waals surface area contributed by atoms with Gasteiger partial charge in [-0.15, -0.1) is 0 Å². The van der Waals surface area contributed by atoms with E-state index in [2.05, 4.69) is 5.32 Å². The molecule has 1 amide bonds. The fourth-order valence-corrected chi connectivity index (χ4v) is 2.40. The Labute approximate surface area is 115 Å². The summed E-state index contributed by atoms with van der Waals surface area (Å²) in [4.78, 5) is 24.4. The number of benzene rings is 1. The molecule has 1 heterocycles. The summed E-state index contributed by atoms with van der Waals surface area (Å²) in [6.07, 6.45) is 0.549. The number of nitrogens with two attached hydrogens (primary N) is 1. The van der Waals surface area contributed by atoms with E-state index in [0.717, 1.165) is 12.1 Å². The first kappa shape index (κ1) is 14.1. The van der Waals surface area contributed by atoms with E-state index in [1.807, 2.05) is 6.92 Å². The summed E-state index contributed by atoms with van der Waals surface area (Å²) in [7, 11) is 0.